The molecule has 0 N–H and O–H groups in total. The molecule has 1 amide bonds. The first kappa shape index (κ1) is 23.8. The van der Waals surface area contributed by atoms with Crippen LogP contribution in [0.4, 0.5) is 11.4 Å². The number of aryl methyl sites for hydroxylation is 1. The summed E-state index contributed by atoms with van der Waals surface area (Å²) < 4.78 is 32.0. The maximum Gasteiger partial charge on any atom is 0.309 e. The van der Waals surface area contributed by atoms with E-state index in [4.69, 9.17) is 4.74 Å². The molecule has 0 saturated carbocycles. The first-order valence-corrected chi connectivity index (χ1v) is 12.4. The summed E-state index contributed by atoms with van der Waals surface area (Å²) in [5.74, 6) is -1.43. The number of nitro benzene ring substituents is 1. The van der Waals surface area contributed by atoms with Crippen LogP contribution in [0.25, 0.3) is 0 Å². The Morgan fingerprint density at radius 2 is 1.94 bits per heavy atom. The van der Waals surface area contributed by atoms with Gasteiger partial charge in [0, 0.05) is 49.8 Å². The molecule has 2 aromatic rings. The SMILES string of the molecule is O=C(OCC(=O)N1CCCc2cc([N+](=O)[O-])ccc21)C1CCN(S(=O)(=O)c2cccnc2)CC1. The maximum atomic E-state index is 12.7. The number of piperidine rings is 1. The highest BCUT2D eigenvalue weighted by molar-refractivity contribution is 7.89. The molecule has 0 atom stereocenters. The first-order valence-electron chi connectivity index (χ1n) is 10.9. The number of hydrogen-bond acceptors (Lipinski definition) is 8. The minimum Gasteiger partial charge on any atom is -0.455 e. The number of carbonyl (C=O) groups excluding carboxylic acids is 2. The van der Waals surface area contributed by atoms with Gasteiger partial charge in [-0.15, -0.1) is 0 Å². The van der Waals surface area contributed by atoms with Gasteiger partial charge in [-0.05, 0) is 49.4 Å². The smallest absolute Gasteiger partial charge is 0.309 e. The highest BCUT2D eigenvalue weighted by atomic mass is 32.2. The molecule has 3 heterocycles. The van der Waals surface area contributed by atoms with Gasteiger partial charge in [-0.2, -0.15) is 4.31 Å². The molecule has 1 fully saturated rings. The molecule has 0 bridgehead atoms. The van der Waals surface area contributed by atoms with Gasteiger partial charge in [0.1, 0.15) is 4.90 Å². The summed E-state index contributed by atoms with van der Waals surface area (Å²) in [7, 11) is -3.67. The second-order valence-electron chi connectivity index (χ2n) is 8.19. The summed E-state index contributed by atoms with van der Waals surface area (Å²) in [4.78, 5) is 41.2. The minimum absolute atomic E-state index is 0.0311. The highest BCUT2D eigenvalue weighted by Gasteiger charge is 2.33. The second kappa shape index (κ2) is 9.85. The number of pyridine rings is 1. The second-order valence-corrected chi connectivity index (χ2v) is 10.1. The van der Waals surface area contributed by atoms with Crippen LogP contribution in [0, 0.1) is 16.0 Å². The molecule has 1 aromatic carbocycles. The summed E-state index contributed by atoms with van der Waals surface area (Å²) >= 11 is 0. The number of anilines is 1. The number of benzene rings is 1. The molecular weight excluding hydrogens is 464 g/mol. The Balaban J connectivity index is 1.31. The summed E-state index contributed by atoms with van der Waals surface area (Å²) in [5.41, 5.74) is 1.27. The van der Waals surface area contributed by atoms with Crippen LogP contribution < -0.4 is 4.90 Å². The number of amides is 1. The van der Waals surface area contributed by atoms with Gasteiger partial charge in [0.15, 0.2) is 6.61 Å². The number of non-ortho nitro benzene ring substituents is 1. The molecule has 12 heteroatoms. The van der Waals surface area contributed by atoms with Crippen LogP contribution in [-0.2, 0) is 30.8 Å². The van der Waals surface area contributed by atoms with Crippen molar-refractivity contribution in [3.63, 3.8) is 0 Å². The fourth-order valence-corrected chi connectivity index (χ4v) is 5.70. The van der Waals surface area contributed by atoms with Crippen molar-refractivity contribution in [2.75, 3.05) is 31.1 Å². The van der Waals surface area contributed by atoms with E-state index in [1.54, 1.807) is 12.1 Å². The van der Waals surface area contributed by atoms with Crippen LogP contribution in [0.2, 0.25) is 0 Å². The van der Waals surface area contributed by atoms with Crippen molar-refractivity contribution in [1.82, 2.24) is 9.29 Å². The predicted octanol–water partition coefficient (Wildman–Crippen LogP) is 1.91. The zero-order chi connectivity index (χ0) is 24.3. The van der Waals surface area contributed by atoms with Crippen molar-refractivity contribution < 1.29 is 27.7 Å². The average molecular weight is 489 g/mol. The Morgan fingerprint density at radius 1 is 1.18 bits per heavy atom. The Morgan fingerprint density at radius 3 is 2.62 bits per heavy atom. The number of esters is 1. The molecule has 2 aliphatic heterocycles. The van der Waals surface area contributed by atoms with E-state index in [9.17, 15) is 28.1 Å². The number of hydrogen-bond donors (Lipinski definition) is 0. The monoisotopic (exact) mass is 488 g/mol. The van der Waals surface area contributed by atoms with Gasteiger partial charge < -0.3 is 9.64 Å². The van der Waals surface area contributed by atoms with Gasteiger partial charge in [0.25, 0.3) is 11.6 Å². The van der Waals surface area contributed by atoms with Gasteiger partial charge in [0.2, 0.25) is 10.0 Å². The summed E-state index contributed by atoms with van der Waals surface area (Å²) in [6.07, 6.45) is 4.65. The molecule has 0 aliphatic carbocycles. The van der Waals surface area contributed by atoms with Crippen molar-refractivity contribution in [2.24, 2.45) is 5.92 Å². The van der Waals surface area contributed by atoms with Gasteiger partial charge in [-0.3, -0.25) is 24.7 Å². The van der Waals surface area contributed by atoms with Crippen molar-refractivity contribution >= 4 is 33.3 Å². The summed E-state index contributed by atoms with van der Waals surface area (Å²) in [6.45, 7) is 0.335. The quantitative estimate of drug-likeness (QED) is 0.341. The van der Waals surface area contributed by atoms with Crippen LogP contribution in [0.3, 0.4) is 0 Å². The highest BCUT2D eigenvalue weighted by Crippen LogP contribution is 2.31. The molecule has 0 radical (unpaired) electrons. The normalized spacial score (nSPS) is 17.1. The maximum absolute atomic E-state index is 12.7. The molecular formula is C22H24N4O7S. The Bertz CT molecular complexity index is 1190. The third-order valence-electron chi connectivity index (χ3n) is 6.09. The number of sulfonamides is 1. The largest absolute Gasteiger partial charge is 0.455 e. The third-order valence-corrected chi connectivity index (χ3v) is 7.97. The number of carbonyl (C=O) groups is 2. The van der Waals surface area contributed by atoms with Crippen LogP contribution >= 0.6 is 0 Å². The molecule has 2 aliphatic rings. The van der Waals surface area contributed by atoms with E-state index in [1.807, 2.05) is 0 Å². The van der Waals surface area contributed by atoms with Crippen LogP contribution in [0.1, 0.15) is 24.8 Å². The van der Waals surface area contributed by atoms with Crippen molar-refractivity contribution in [1.29, 1.82) is 0 Å². The Kier molecular flexibility index (Phi) is 6.89. The first-order chi connectivity index (χ1) is 16.3. The molecule has 1 aromatic heterocycles. The third kappa shape index (κ3) is 4.92. The van der Waals surface area contributed by atoms with Crippen LogP contribution in [0.5, 0.6) is 0 Å². The van der Waals surface area contributed by atoms with Gasteiger partial charge >= 0.3 is 5.97 Å². The van der Waals surface area contributed by atoms with E-state index in [0.29, 0.717) is 43.5 Å². The standard InChI is InChI=1S/C22H24N4O7S/c27-21(25-10-2-3-17-13-18(26(29)30)5-6-20(17)25)15-33-22(28)16-7-11-24(12-8-16)34(31,32)19-4-1-9-23-14-19/h1,4-6,9,13-14,16H,2-3,7-8,10-12,15H2. The fraction of sp³-hybridized carbons (Fsp3) is 0.409. The van der Waals surface area contributed by atoms with Crippen LogP contribution in [-0.4, -0.2) is 60.7 Å². The Labute approximate surface area is 196 Å². The lowest BCUT2D eigenvalue weighted by Crippen LogP contribution is -2.42. The number of aromatic nitrogens is 1. The number of nitro groups is 1. The predicted molar refractivity (Wildman–Crippen MR) is 120 cm³/mol. The number of fused-ring (bicyclic) bond motifs is 1. The molecule has 0 spiro atoms. The molecule has 0 unspecified atom stereocenters. The van der Waals surface area contributed by atoms with Crippen molar-refractivity contribution in [3.8, 4) is 0 Å². The number of ether oxygens (including phenoxy) is 1. The number of nitrogens with zero attached hydrogens (tertiary/aromatic N) is 4. The lowest BCUT2D eigenvalue weighted by Gasteiger charge is -2.31. The van der Waals surface area contributed by atoms with Crippen LogP contribution in [0.15, 0.2) is 47.6 Å². The van der Waals surface area contributed by atoms with Gasteiger partial charge in [-0.1, -0.05) is 0 Å². The Hall–Kier alpha value is -3.38. The fourth-order valence-electron chi connectivity index (χ4n) is 4.27. The molecule has 180 valence electrons. The van der Waals surface area contributed by atoms with Crippen molar-refractivity contribution in [2.45, 2.75) is 30.6 Å². The van der Waals surface area contributed by atoms with E-state index in [-0.39, 0.29) is 23.7 Å². The zero-order valence-corrected chi connectivity index (χ0v) is 19.1. The summed E-state index contributed by atoms with van der Waals surface area (Å²) in [5, 5.41) is 11.0. The topological polar surface area (TPSA) is 140 Å². The van der Waals surface area contributed by atoms with E-state index in [1.165, 1.54) is 39.8 Å². The van der Waals surface area contributed by atoms with Gasteiger partial charge in [0.05, 0.1) is 10.8 Å². The lowest BCUT2D eigenvalue weighted by atomic mass is 9.98. The molecule has 11 nitrogen and oxygen atoms in total. The number of rotatable bonds is 6. The van der Waals surface area contributed by atoms with E-state index < -0.39 is 39.3 Å². The van der Waals surface area contributed by atoms with E-state index in [2.05, 4.69) is 4.98 Å². The molecule has 1 saturated heterocycles. The van der Waals surface area contributed by atoms with Crippen molar-refractivity contribution in [3.05, 3.63) is 58.4 Å². The summed E-state index contributed by atoms with van der Waals surface area (Å²) in [6, 6.07) is 7.39. The van der Waals surface area contributed by atoms with Gasteiger partial charge in [-0.25, -0.2) is 8.42 Å². The molecule has 4 rings (SSSR count). The van der Waals surface area contributed by atoms with E-state index in [0.717, 1.165) is 0 Å². The molecule has 34 heavy (non-hydrogen) atoms. The lowest BCUT2D eigenvalue weighted by molar-refractivity contribution is -0.384. The zero-order valence-electron chi connectivity index (χ0n) is 18.3. The average Bonchev–Trinajstić information content (AvgIpc) is 2.86. The van der Waals surface area contributed by atoms with E-state index >= 15 is 0 Å². The minimum atomic E-state index is -3.67.